The van der Waals surface area contributed by atoms with Crippen LogP contribution in [0.3, 0.4) is 0 Å². The quantitative estimate of drug-likeness (QED) is 0.857. The van der Waals surface area contributed by atoms with Gasteiger partial charge in [0.15, 0.2) is 0 Å². The number of fused-ring (bicyclic) bond motifs is 1. The summed E-state index contributed by atoms with van der Waals surface area (Å²) in [5, 5.41) is 3.97. The van der Waals surface area contributed by atoms with E-state index in [1.54, 1.807) is 0 Å². The van der Waals surface area contributed by atoms with Crippen molar-refractivity contribution in [3.8, 4) is 0 Å². The SMILES string of the molecule is Cc1cc(Br)cc2c1C(=O)N(N(C)CC1CC1)C2. The number of carbonyl (C=O) groups is 1. The van der Waals surface area contributed by atoms with Crippen LogP contribution in [-0.4, -0.2) is 29.5 Å². The van der Waals surface area contributed by atoms with Gasteiger partial charge in [0.1, 0.15) is 0 Å². The van der Waals surface area contributed by atoms with Crippen LogP contribution in [-0.2, 0) is 6.54 Å². The fourth-order valence-corrected chi connectivity index (χ4v) is 3.27. The third kappa shape index (κ3) is 2.08. The van der Waals surface area contributed by atoms with Gasteiger partial charge in [0, 0.05) is 23.6 Å². The number of rotatable bonds is 3. The maximum Gasteiger partial charge on any atom is 0.269 e. The zero-order valence-electron chi connectivity index (χ0n) is 10.7. The smallest absolute Gasteiger partial charge is 0.268 e. The van der Waals surface area contributed by atoms with E-state index < -0.39 is 0 Å². The first-order valence-corrected chi connectivity index (χ1v) is 7.17. The Morgan fingerprint density at radius 2 is 2.17 bits per heavy atom. The molecule has 4 heteroatoms. The van der Waals surface area contributed by atoms with Crippen LogP contribution in [0.15, 0.2) is 16.6 Å². The number of hydrogen-bond donors (Lipinski definition) is 0. The molecule has 0 unspecified atom stereocenters. The minimum absolute atomic E-state index is 0.151. The summed E-state index contributed by atoms with van der Waals surface area (Å²) < 4.78 is 1.05. The fraction of sp³-hybridized carbons (Fsp3) is 0.500. The van der Waals surface area contributed by atoms with Gasteiger partial charge < -0.3 is 0 Å². The van der Waals surface area contributed by atoms with Gasteiger partial charge in [-0.05, 0) is 48.9 Å². The molecule has 1 aliphatic heterocycles. The Labute approximate surface area is 116 Å². The van der Waals surface area contributed by atoms with Crippen LogP contribution < -0.4 is 0 Å². The van der Waals surface area contributed by atoms with Gasteiger partial charge in [-0.1, -0.05) is 15.9 Å². The van der Waals surface area contributed by atoms with Crippen molar-refractivity contribution in [2.45, 2.75) is 26.3 Å². The molecule has 2 aliphatic rings. The molecular weight excluding hydrogens is 292 g/mol. The molecule has 0 spiro atoms. The van der Waals surface area contributed by atoms with Crippen molar-refractivity contribution in [2.75, 3.05) is 13.6 Å². The highest BCUT2D eigenvalue weighted by Gasteiger charge is 2.34. The average molecular weight is 309 g/mol. The molecule has 3 nitrogen and oxygen atoms in total. The van der Waals surface area contributed by atoms with Crippen LogP contribution in [0.5, 0.6) is 0 Å². The van der Waals surface area contributed by atoms with E-state index in [4.69, 9.17) is 0 Å². The molecule has 18 heavy (non-hydrogen) atoms. The van der Waals surface area contributed by atoms with Gasteiger partial charge in [-0.25, -0.2) is 5.01 Å². The van der Waals surface area contributed by atoms with Crippen molar-refractivity contribution in [1.29, 1.82) is 0 Å². The summed E-state index contributed by atoms with van der Waals surface area (Å²) in [7, 11) is 2.02. The molecule has 1 amide bonds. The van der Waals surface area contributed by atoms with Gasteiger partial charge in [0.2, 0.25) is 0 Å². The van der Waals surface area contributed by atoms with Crippen molar-refractivity contribution in [3.05, 3.63) is 33.3 Å². The molecule has 0 N–H and O–H groups in total. The van der Waals surface area contributed by atoms with E-state index in [-0.39, 0.29) is 5.91 Å². The maximum atomic E-state index is 12.4. The Morgan fingerprint density at radius 3 is 2.83 bits per heavy atom. The molecule has 0 bridgehead atoms. The second-order valence-electron chi connectivity index (χ2n) is 5.40. The monoisotopic (exact) mass is 308 g/mol. The molecule has 1 aliphatic carbocycles. The fourth-order valence-electron chi connectivity index (χ4n) is 2.65. The number of hydrogen-bond acceptors (Lipinski definition) is 2. The Balaban J connectivity index is 1.86. The van der Waals surface area contributed by atoms with Crippen molar-refractivity contribution in [2.24, 2.45) is 5.92 Å². The van der Waals surface area contributed by atoms with E-state index in [9.17, 15) is 4.79 Å². The predicted molar refractivity (Wildman–Crippen MR) is 74.1 cm³/mol. The molecule has 0 saturated heterocycles. The lowest BCUT2D eigenvalue weighted by molar-refractivity contribution is 0.00505. The van der Waals surface area contributed by atoms with E-state index in [1.807, 2.05) is 25.0 Å². The highest BCUT2D eigenvalue weighted by molar-refractivity contribution is 9.10. The van der Waals surface area contributed by atoms with Gasteiger partial charge in [0.25, 0.3) is 5.91 Å². The molecule has 1 saturated carbocycles. The van der Waals surface area contributed by atoms with Crippen molar-refractivity contribution < 1.29 is 4.79 Å². The summed E-state index contributed by atoms with van der Waals surface area (Å²) >= 11 is 3.50. The number of nitrogens with zero attached hydrogens (tertiary/aromatic N) is 2. The number of aryl methyl sites for hydroxylation is 1. The standard InChI is InChI=1S/C14H17BrN2O/c1-9-5-12(15)6-11-8-17(14(18)13(9)11)16(2)7-10-3-4-10/h5-6,10H,3-4,7-8H2,1-2H3. The Hall–Kier alpha value is -0.870. The van der Waals surface area contributed by atoms with E-state index in [0.29, 0.717) is 6.54 Å². The van der Waals surface area contributed by atoms with Crippen molar-refractivity contribution >= 4 is 21.8 Å². The molecule has 0 radical (unpaired) electrons. The average Bonchev–Trinajstić information content (AvgIpc) is 3.02. The van der Waals surface area contributed by atoms with Crippen LogP contribution >= 0.6 is 15.9 Å². The normalized spacial score (nSPS) is 18.7. The van der Waals surface area contributed by atoms with Gasteiger partial charge in [-0.3, -0.25) is 9.80 Å². The lowest BCUT2D eigenvalue weighted by atomic mass is 10.0. The van der Waals surface area contributed by atoms with Gasteiger partial charge >= 0.3 is 0 Å². The lowest BCUT2D eigenvalue weighted by Crippen LogP contribution is -2.41. The second kappa shape index (κ2) is 4.35. The minimum atomic E-state index is 0.151. The largest absolute Gasteiger partial charge is 0.269 e. The van der Waals surface area contributed by atoms with Crippen LogP contribution in [0.1, 0.15) is 34.3 Å². The summed E-state index contributed by atoms with van der Waals surface area (Å²) in [6.45, 7) is 3.71. The predicted octanol–water partition coefficient (Wildman–Crippen LogP) is 2.97. The van der Waals surface area contributed by atoms with Gasteiger partial charge in [-0.15, -0.1) is 0 Å². The van der Waals surface area contributed by atoms with Gasteiger partial charge in [0.05, 0.1) is 6.54 Å². The first-order chi connectivity index (χ1) is 8.56. The summed E-state index contributed by atoms with van der Waals surface area (Å²) in [5.74, 6) is 0.942. The van der Waals surface area contributed by atoms with Crippen molar-refractivity contribution in [1.82, 2.24) is 10.0 Å². The molecule has 0 atom stereocenters. The van der Waals surface area contributed by atoms with Gasteiger partial charge in [-0.2, -0.15) is 0 Å². The topological polar surface area (TPSA) is 23.6 Å². The Morgan fingerprint density at radius 1 is 1.44 bits per heavy atom. The summed E-state index contributed by atoms with van der Waals surface area (Å²) in [6, 6.07) is 4.08. The number of hydrazine groups is 1. The maximum absolute atomic E-state index is 12.4. The summed E-state index contributed by atoms with van der Waals surface area (Å²) in [5.41, 5.74) is 3.09. The van der Waals surface area contributed by atoms with Crippen LogP contribution in [0.25, 0.3) is 0 Å². The summed E-state index contributed by atoms with van der Waals surface area (Å²) in [6.07, 6.45) is 2.62. The molecule has 96 valence electrons. The molecule has 1 fully saturated rings. The highest BCUT2D eigenvalue weighted by Crippen LogP contribution is 2.33. The Kier molecular flexibility index (Phi) is 2.94. The van der Waals surface area contributed by atoms with E-state index in [1.165, 1.54) is 12.8 Å². The van der Waals surface area contributed by atoms with E-state index >= 15 is 0 Å². The third-order valence-electron chi connectivity index (χ3n) is 3.78. The third-order valence-corrected chi connectivity index (χ3v) is 4.24. The number of carbonyl (C=O) groups excluding carboxylic acids is 1. The molecule has 3 rings (SSSR count). The van der Waals surface area contributed by atoms with E-state index in [2.05, 4.69) is 27.0 Å². The number of amides is 1. The number of benzene rings is 1. The molecule has 0 aromatic heterocycles. The number of halogens is 1. The highest BCUT2D eigenvalue weighted by atomic mass is 79.9. The molecule has 1 aromatic rings. The van der Waals surface area contributed by atoms with Crippen molar-refractivity contribution in [3.63, 3.8) is 0 Å². The lowest BCUT2D eigenvalue weighted by Gasteiger charge is -2.27. The second-order valence-corrected chi connectivity index (χ2v) is 6.32. The molecule has 1 aromatic carbocycles. The first-order valence-electron chi connectivity index (χ1n) is 6.38. The van der Waals surface area contributed by atoms with Crippen LogP contribution in [0.2, 0.25) is 0 Å². The molecule has 1 heterocycles. The first kappa shape index (κ1) is 12.2. The van der Waals surface area contributed by atoms with E-state index in [0.717, 1.165) is 33.6 Å². The summed E-state index contributed by atoms with van der Waals surface area (Å²) in [4.78, 5) is 12.4. The Bertz CT molecular complexity index is 511. The van der Waals surface area contributed by atoms with Crippen LogP contribution in [0, 0.1) is 12.8 Å². The molecular formula is C14H17BrN2O. The zero-order chi connectivity index (χ0) is 12.9. The minimum Gasteiger partial charge on any atom is -0.268 e. The zero-order valence-corrected chi connectivity index (χ0v) is 12.3. The van der Waals surface area contributed by atoms with Crippen LogP contribution in [0.4, 0.5) is 0 Å².